The van der Waals surface area contributed by atoms with Gasteiger partial charge in [-0.05, 0) is 13.3 Å². The van der Waals surface area contributed by atoms with Crippen molar-refractivity contribution in [3.05, 3.63) is 10.6 Å². The van der Waals surface area contributed by atoms with Crippen molar-refractivity contribution < 1.29 is 9.59 Å². The number of nitrogens with one attached hydrogen (secondary N) is 1. The Balaban J connectivity index is 2.07. The number of amides is 2. The van der Waals surface area contributed by atoms with E-state index in [0.717, 1.165) is 11.3 Å². The molecular weight excluding hydrogens is 240 g/mol. The molecule has 1 aliphatic rings. The molecule has 2 heterocycles. The Morgan fingerprint density at radius 3 is 2.82 bits per heavy atom. The fraction of sp³-hybridized carbons (Fsp3) is 0.500. The van der Waals surface area contributed by atoms with Crippen molar-refractivity contribution in [1.82, 2.24) is 15.2 Å². The molecule has 2 rings (SSSR count). The number of nitrogens with two attached hydrogens (primary N) is 1. The normalized spacial score (nSPS) is 19.8. The van der Waals surface area contributed by atoms with Crippen LogP contribution in [0, 0.1) is 6.92 Å². The van der Waals surface area contributed by atoms with E-state index in [0.29, 0.717) is 28.7 Å². The molecule has 0 aromatic carbocycles. The van der Waals surface area contributed by atoms with E-state index < -0.39 is 6.04 Å². The molecule has 1 aliphatic heterocycles. The van der Waals surface area contributed by atoms with E-state index in [4.69, 9.17) is 5.73 Å². The first kappa shape index (κ1) is 11.8. The number of hydrogen-bond donors (Lipinski definition) is 2. The summed E-state index contributed by atoms with van der Waals surface area (Å²) in [4.78, 5) is 29.6. The highest BCUT2D eigenvalue weighted by Gasteiger charge is 2.31. The molecule has 1 saturated heterocycles. The first-order valence-electron chi connectivity index (χ1n) is 5.28. The number of aryl methyl sites for hydroxylation is 1. The van der Waals surface area contributed by atoms with Crippen LogP contribution in [0.15, 0.2) is 0 Å². The molecule has 0 radical (unpaired) electrons. The predicted molar refractivity (Wildman–Crippen MR) is 64.8 cm³/mol. The summed E-state index contributed by atoms with van der Waals surface area (Å²) in [7, 11) is 1.73. The van der Waals surface area contributed by atoms with Crippen LogP contribution in [0.3, 0.4) is 0 Å². The Morgan fingerprint density at radius 2 is 2.35 bits per heavy atom. The quantitative estimate of drug-likeness (QED) is 0.777. The standard InChI is InChI=1S/C10H14N4O2S/c1-5-7(17-10(11)12-5)8(15)13-6-3-4-14(2)9(6)16/h6H,3-4H2,1-2H3,(H2,11,12)(H,13,15). The molecule has 92 valence electrons. The number of anilines is 1. The van der Waals surface area contributed by atoms with E-state index >= 15 is 0 Å². The summed E-state index contributed by atoms with van der Waals surface area (Å²) in [6, 6.07) is -0.421. The molecule has 0 saturated carbocycles. The predicted octanol–water partition coefficient (Wildman–Crippen LogP) is -0.00578. The number of likely N-dealkylation sites (tertiary alicyclic amines) is 1. The van der Waals surface area contributed by atoms with Crippen LogP contribution in [0.4, 0.5) is 5.13 Å². The Kier molecular flexibility index (Phi) is 3.01. The number of carbonyl (C=O) groups is 2. The fourth-order valence-electron chi connectivity index (χ4n) is 1.81. The summed E-state index contributed by atoms with van der Waals surface area (Å²) in [5.74, 6) is -0.321. The van der Waals surface area contributed by atoms with Crippen LogP contribution in [0.2, 0.25) is 0 Å². The molecule has 1 unspecified atom stereocenters. The number of hydrogen-bond acceptors (Lipinski definition) is 5. The van der Waals surface area contributed by atoms with Crippen molar-refractivity contribution in [2.75, 3.05) is 19.3 Å². The summed E-state index contributed by atoms with van der Waals surface area (Å²) in [5.41, 5.74) is 6.13. The third-order valence-electron chi connectivity index (χ3n) is 2.75. The van der Waals surface area contributed by atoms with Gasteiger partial charge in [0.25, 0.3) is 5.91 Å². The van der Waals surface area contributed by atoms with Gasteiger partial charge in [0, 0.05) is 13.6 Å². The lowest BCUT2D eigenvalue weighted by Crippen LogP contribution is -2.40. The van der Waals surface area contributed by atoms with Gasteiger partial charge in [-0.2, -0.15) is 0 Å². The largest absolute Gasteiger partial charge is 0.375 e. The summed E-state index contributed by atoms with van der Waals surface area (Å²) in [6.07, 6.45) is 0.647. The summed E-state index contributed by atoms with van der Waals surface area (Å²) < 4.78 is 0. The molecule has 17 heavy (non-hydrogen) atoms. The molecule has 3 N–H and O–H groups in total. The lowest BCUT2D eigenvalue weighted by molar-refractivity contribution is -0.128. The summed E-state index contributed by atoms with van der Waals surface area (Å²) in [6.45, 7) is 2.40. The van der Waals surface area contributed by atoms with E-state index in [-0.39, 0.29) is 11.8 Å². The summed E-state index contributed by atoms with van der Waals surface area (Å²) in [5, 5.41) is 3.08. The van der Waals surface area contributed by atoms with Gasteiger partial charge in [0.1, 0.15) is 10.9 Å². The minimum absolute atomic E-state index is 0.0477. The molecule has 6 nitrogen and oxygen atoms in total. The topological polar surface area (TPSA) is 88.3 Å². The average molecular weight is 254 g/mol. The van der Waals surface area contributed by atoms with E-state index in [9.17, 15) is 9.59 Å². The van der Waals surface area contributed by atoms with Gasteiger partial charge in [0.2, 0.25) is 5.91 Å². The number of likely N-dealkylation sites (N-methyl/N-ethyl adjacent to an activating group) is 1. The maximum atomic E-state index is 11.9. The Morgan fingerprint density at radius 1 is 1.65 bits per heavy atom. The Hall–Kier alpha value is -1.63. The highest BCUT2D eigenvalue weighted by molar-refractivity contribution is 7.17. The average Bonchev–Trinajstić information content (AvgIpc) is 2.75. The second-order valence-electron chi connectivity index (χ2n) is 4.04. The third kappa shape index (κ3) is 2.23. The molecule has 7 heteroatoms. The molecule has 0 spiro atoms. The molecule has 2 amide bonds. The van der Waals surface area contributed by atoms with Crippen molar-refractivity contribution in [2.45, 2.75) is 19.4 Å². The van der Waals surface area contributed by atoms with Crippen LogP contribution in [-0.2, 0) is 4.79 Å². The highest BCUT2D eigenvalue weighted by atomic mass is 32.1. The van der Waals surface area contributed by atoms with Gasteiger partial charge < -0.3 is 16.0 Å². The Bertz CT molecular complexity index is 471. The third-order valence-corrected chi connectivity index (χ3v) is 3.74. The number of nitrogens with zero attached hydrogens (tertiary/aromatic N) is 2. The van der Waals surface area contributed by atoms with E-state index in [2.05, 4.69) is 10.3 Å². The Labute approximate surface area is 103 Å². The van der Waals surface area contributed by atoms with Gasteiger partial charge in [0.15, 0.2) is 5.13 Å². The number of carbonyl (C=O) groups excluding carboxylic acids is 2. The highest BCUT2D eigenvalue weighted by Crippen LogP contribution is 2.20. The second-order valence-corrected chi connectivity index (χ2v) is 5.07. The number of rotatable bonds is 2. The van der Waals surface area contributed by atoms with Crippen LogP contribution in [0.25, 0.3) is 0 Å². The van der Waals surface area contributed by atoms with Gasteiger partial charge in [-0.1, -0.05) is 11.3 Å². The van der Waals surface area contributed by atoms with Crippen molar-refractivity contribution in [3.63, 3.8) is 0 Å². The fourth-order valence-corrected chi connectivity index (χ4v) is 2.54. The van der Waals surface area contributed by atoms with Crippen LogP contribution < -0.4 is 11.1 Å². The van der Waals surface area contributed by atoms with Gasteiger partial charge >= 0.3 is 0 Å². The summed E-state index contributed by atoms with van der Waals surface area (Å²) >= 11 is 1.14. The first-order chi connectivity index (χ1) is 7.99. The van der Waals surface area contributed by atoms with Crippen molar-refractivity contribution in [3.8, 4) is 0 Å². The number of aromatic nitrogens is 1. The van der Waals surface area contributed by atoms with Crippen molar-refractivity contribution >= 4 is 28.3 Å². The zero-order valence-electron chi connectivity index (χ0n) is 9.69. The minimum atomic E-state index is -0.421. The smallest absolute Gasteiger partial charge is 0.264 e. The second kappa shape index (κ2) is 4.33. The van der Waals surface area contributed by atoms with Gasteiger partial charge in [-0.3, -0.25) is 9.59 Å². The molecule has 1 aromatic heterocycles. The van der Waals surface area contributed by atoms with E-state index in [1.54, 1.807) is 18.9 Å². The lowest BCUT2D eigenvalue weighted by atomic mass is 10.2. The molecule has 1 aromatic rings. The van der Waals surface area contributed by atoms with E-state index in [1.165, 1.54) is 0 Å². The minimum Gasteiger partial charge on any atom is -0.375 e. The van der Waals surface area contributed by atoms with Crippen molar-refractivity contribution in [2.24, 2.45) is 0 Å². The molecule has 1 atom stereocenters. The SMILES string of the molecule is Cc1nc(N)sc1C(=O)NC1CCN(C)C1=O. The van der Waals surface area contributed by atoms with Crippen LogP contribution >= 0.6 is 11.3 Å². The monoisotopic (exact) mass is 254 g/mol. The molecular formula is C10H14N4O2S. The number of thiazole rings is 1. The van der Waals surface area contributed by atoms with Gasteiger partial charge in [-0.15, -0.1) is 0 Å². The van der Waals surface area contributed by atoms with Crippen LogP contribution in [0.5, 0.6) is 0 Å². The number of nitrogen functional groups attached to an aromatic ring is 1. The lowest BCUT2D eigenvalue weighted by Gasteiger charge is -2.11. The zero-order chi connectivity index (χ0) is 12.6. The van der Waals surface area contributed by atoms with Crippen LogP contribution in [-0.4, -0.2) is 41.3 Å². The van der Waals surface area contributed by atoms with Crippen molar-refractivity contribution in [1.29, 1.82) is 0 Å². The van der Waals surface area contributed by atoms with E-state index in [1.807, 2.05) is 0 Å². The maximum absolute atomic E-state index is 11.9. The van der Waals surface area contributed by atoms with Gasteiger partial charge in [-0.25, -0.2) is 4.98 Å². The maximum Gasteiger partial charge on any atom is 0.264 e. The molecule has 0 aliphatic carbocycles. The zero-order valence-corrected chi connectivity index (χ0v) is 10.5. The van der Waals surface area contributed by atoms with Gasteiger partial charge in [0.05, 0.1) is 5.69 Å². The first-order valence-corrected chi connectivity index (χ1v) is 6.09. The molecule has 0 bridgehead atoms. The molecule has 1 fully saturated rings. The van der Waals surface area contributed by atoms with Crippen LogP contribution in [0.1, 0.15) is 21.8 Å².